The first kappa shape index (κ1) is 25.4. The predicted octanol–water partition coefficient (Wildman–Crippen LogP) is 4.82. The van der Waals surface area contributed by atoms with E-state index in [0.29, 0.717) is 30.1 Å². The number of aromatic nitrogens is 3. The number of carbonyl (C=O) groups excluding carboxylic acids is 1. The van der Waals surface area contributed by atoms with Gasteiger partial charge in [0.1, 0.15) is 5.82 Å². The van der Waals surface area contributed by atoms with Gasteiger partial charge in [0.25, 0.3) is 0 Å². The van der Waals surface area contributed by atoms with E-state index in [1.807, 2.05) is 6.07 Å². The van der Waals surface area contributed by atoms with Gasteiger partial charge in [0.15, 0.2) is 0 Å². The maximum Gasteiger partial charge on any atom is 0.216 e. The minimum Gasteiger partial charge on any atom is -0.356 e. The fraction of sp³-hybridized carbons (Fsp3) is 0.519. The Morgan fingerprint density at radius 1 is 1.09 bits per heavy atom. The van der Waals surface area contributed by atoms with Crippen LogP contribution in [0, 0.1) is 5.92 Å². The number of rotatable bonds is 7. The Bertz CT molecular complexity index is 1320. The molecule has 2 heterocycles. The molecule has 1 amide bonds. The van der Waals surface area contributed by atoms with Crippen molar-refractivity contribution in [2.75, 3.05) is 6.54 Å². The Labute approximate surface area is 208 Å². The topological polar surface area (TPSA) is 94.0 Å². The molecule has 188 valence electrons. The SMILES string of the molecule is CC(=O)NCCc1cc(S(=O)(=O)c2ccc3c(c2)nc(C(C)(C)C)n3CC2CCCCC2)ccn1. The average Bonchev–Trinajstić information content (AvgIpc) is 3.18. The third kappa shape index (κ3) is 5.74. The van der Waals surface area contributed by atoms with Crippen LogP contribution in [0.1, 0.15) is 71.3 Å². The molecule has 1 aliphatic carbocycles. The molecular weight excluding hydrogens is 460 g/mol. The van der Waals surface area contributed by atoms with Crippen LogP contribution in [0.25, 0.3) is 11.0 Å². The van der Waals surface area contributed by atoms with Gasteiger partial charge in [-0.2, -0.15) is 0 Å². The quantitative estimate of drug-likeness (QED) is 0.506. The van der Waals surface area contributed by atoms with Crippen LogP contribution >= 0.6 is 0 Å². The molecule has 3 aromatic rings. The number of sulfone groups is 1. The fourth-order valence-electron chi connectivity index (χ4n) is 4.92. The highest BCUT2D eigenvalue weighted by atomic mass is 32.2. The average molecular weight is 497 g/mol. The summed E-state index contributed by atoms with van der Waals surface area (Å²) in [6, 6.07) is 8.41. The largest absolute Gasteiger partial charge is 0.356 e. The Morgan fingerprint density at radius 2 is 1.80 bits per heavy atom. The van der Waals surface area contributed by atoms with Crippen molar-refractivity contribution in [1.29, 1.82) is 0 Å². The summed E-state index contributed by atoms with van der Waals surface area (Å²) >= 11 is 0. The molecule has 1 fully saturated rings. The summed E-state index contributed by atoms with van der Waals surface area (Å²) in [4.78, 5) is 20.7. The highest BCUT2D eigenvalue weighted by Crippen LogP contribution is 2.33. The van der Waals surface area contributed by atoms with E-state index < -0.39 is 9.84 Å². The molecule has 4 rings (SSSR count). The van der Waals surface area contributed by atoms with Crippen LogP contribution in [-0.2, 0) is 33.0 Å². The zero-order valence-electron chi connectivity index (χ0n) is 21.2. The second-order valence-electron chi connectivity index (χ2n) is 10.7. The van der Waals surface area contributed by atoms with Crippen molar-refractivity contribution in [3.63, 3.8) is 0 Å². The molecule has 2 aromatic heterocycles. The number of fused-ring (bicyclic) bond motifs is 1. The fourth-order valence-corrected chi connectivity index (χ4v) is 6.24. The molecule has 1 aliphatic rings. The van der Waals surface area contributed by atoms with E-state index in [2.05, 4.69) is 35.6 Å². The van der Waals surface area contributed by atoms with Gasteiger partial charge in [-0.1, -0.05) is 40.0 Å². The van der Waals surface area contributed by atoms with E-state index in [9.17, 15) is 13.2 Å². The number of carbonyl (C=O) groups is 1. The molecule has 1 N–H and O–H groups in total. The van der Waals surface area contributed by atoms with Crippen molar-refractivity contribution in [2.24, 2.45) is 5.92 Å². The summed E-state index contributed by atoms with van der Waals surface area (Å²) in [6.45, 7) is 9.25. The standard InChI is InChI=1S/C27H36N4O3S/c1-19(32)28-14-12-21-16-23(13-15-29-21)35(33,34)22-10-11-25-24(17-22)30-26(27(2,3)4)31(25)18-20-8-6-5-7-9-20/h10-11,13,15-17,20H,5-9,12,14,18H2,1-4H3,(H,28,32). The van der Waals surface area contributed by atoms with Crippen molar-refractivity contribution >= 4 is 26.8 Å². The number of nitrogens with one attached hydrogen (secondary N) is 1. The molecule has 0 aliphatic heterocycles. The predicted molar refractivity (Wildman–Crippen MR) is 137 cm³/mol. The third-order valence-corrected chi connectivity index (χ3v) is 8.47. The third-order valence-electron chi connectivity index (χ3n) is 6.72. The molecule has 0 spiro atoms. The minimum atomic E-state index is -3.74. The normalized spacial score (nSPS) is 15.4. The number of amides is 1. The summed E-state index contributed by atoms with van der Waals surface area (Å²) in [6.07, 6.45) is 8.32. The van der Waals surface area contributed by atoms with E-state index in [-0.39, 0.29) is 21.1 Å². The van der Waals surface area contributed by atoms with Gasteiger partial charge in [0.2, 0.25) is 15.7 Å². The molecular formula is C27H36N4O3S. The van der Waals surface area contributed by atoms with Gasteiger partial charge < -0.3 is 9.88 Å². The number of nitrogens with zero attached hydrogens (tertiary/aromatic N) is 3. The second kappa shape index (κ2) is 10.1. The van der Waals surface area contributed by atoms with Crippen molar-refractivity contribution in [3.8, 4) is 0 Å². The molecule has 0 saturated heterocycles. The van der Waals surface area contributed by atoms with E-state index in [1.165, 1.54) is 51.3 Å². The van der Waals surface area contributed by atoms with Gasteiger partial charge in [-0.15, -0.1) is 0 Å². The maximum atomic E-state index is 13.5. The molecule has 0 atom stereocenters. The summed E-state index contributed by atoms with van der Waals surface area (Å²) in [5, 5.41) is 2.71. The van der Waals surface area contributed by atoms with Gasteiger partial charge >= 0.3 is 0 Å². The van der Waals surface area contributed by atoms with Crippen molar-refractivity contribution < 1.29 is 13.2 Å². The Kier molecular flexibility index (Phi) is 7.31. The van der Waals surface area contributed by atoms with Crippen LogP contribution in [0.4, 0.5) is 0 Å². The van der Waals surface area contributed by atoms with Gasteiger partial charge in [0.05, 0.1) is 20.8 Å². The molecule has 1 saturated carbocycles. The lowest BCUT2D eigenvalue weighted by atomic mass is 9.88. The van der Waals surface area contributed by atoms with Crippen molar-refractivity contribution in [1.82, 2.24) is 19.9 Å². The molecule has 0 unspecified atom stereocenters. The summed E-state index contributed by atoms with van der Waals surface area (Å²) in [7, 11) is -3.74. The first-order valence-electron chi connectivity index (χ1n) is 12.5. The number of pyridine rings is 1. The summed E-state index contributed by atoms with van der Waals surface area (Å²) in [5.41, 5.74) is 2.17. The van der Waals surface area contributed by atoms with Crippen LogP contribution < -0.4 is 5.32 Å². The smallest absolute Gasteiger partial charge is 0.216 e. The molecule has 1 aromatic carbocycles. The van der Waals surface area contributed by atoms with Gasteiger partial charge in [0, 0.05) is 43.7 Å². The van der Waals surface area contributed by atoms with Crippen molar-refractivity contribution in [2.45, 2.75) is 88.0 Å². The van der Waals surface area contributed by atoms with Gasteiger partial charge in [-0.25, -0.2) is 13.4 Å². The van der Waals surface area contributed by atoms with E-state index in [0.717, 1.165) is 17.9 Å². The summed E-state index contributed by atoms with van der Waals surface area (Å²) < 4.78 is 29.3. The first-order valence-corrected chi connectivity index (χ1v) is 14.0. The van der Waals surface area contributed by atoms with Gasteiger partial charge in [-0.3, -0.25) is 9.78 Å². The van der Waals surface area contributed by atoms with Crippen molar-refractivity contribution in [3.05, 3.63) is 48.0 Å². The maximum absolute atomic E-state index is 13.5. The zero-order chi connectivity index (χ0) is 25.2. The van der Waals surface area contributed by atoms with Crippen LogP contribution in [0.3, 0.4) is 0 Å². The lowest BCUT2D eigenvalue weighted by Crippen LogP contribution is -2.22. The second-order valence-corrected chi connectivity index (χ2v) is 12.6. The zero-order valence-corrected chi connectivity index (χ0v) is 22.0. The Balaban J connectivity index is 1.68. The van der Waals surface area contributed by atoms with E-state index >= 15 is 0 Å². The van der Waals surface area contributed by atoms with Crippen LogP contribution in [0.15, 0.2) is 46.3 Å². The lowest BCUT2D eigenvalue weighted by Gasteiger charge is -2.26. The van der Waals surface area contributed by atoms with Crippen LogP contribution in [0.5, 0.6) is 0 Å². The minimum absolute atomic E-state index is 0.125. The molecule has 8 heteroatoms. The number of hydrogen-bond acceptors (Lipinski definition) is 5. The summed E-state index contributed by atoms with van der Waals surface area (Å²) in [5.74, 6) is 1.51. The Morgan fingerprint density at radius 3 is 2.49 bits per heavy atom. The number of hydrogen-bond donors (Lipinski definition) is 1. The van der Waals surface area contributed by atoms with Crippen LogP contribution in [-0.4, -0.2) is 35.4 Å². The highest BCUT2D eigenvalue weighted by molar-refractivity contribution is 7.91. The molecule has 0 bridgehead atoms. The van der Waals surface area contributed by atoms with E-state index in [1.54, 1.807) is 18.2 Å². The van der Waals surface area contributed by atoms with Crippen LogP contribution in [0.2, 0.25) is 0 Å². The molecule has 7 nitrogen and oxygen atoms in total. The Hall–Kier alpha value is -2.74. The van der Waals surface area contributed by atoms with Gasteiger partial charge in [-0.05, 0) is 49.1 Å². The number of imidazole rings is 1. The monoisotopic (exact) mass is 496 g/mol. The first-order chi connectivity index (χ1) is 16.6. The molecule has 0 radical (unpaired) electrons. The highest BCUT2D eigenvalue weighted by Gasteiger charge is 2.27. The molecule has 35 heavy (non-hydrogen) atoms. The number of benzene rings is 1. The van der Waals surface area contributed by atoms with E-state index in [4.69, 9.17) is 4.98 Å². The lowest BCUT2D eigenvalue weighted by molar-refractivity contribution is -0.118.